The summed E-state index contributed by atoms with van der Waals surface area (Å²) in [5, 5.41) is 2.76. The van der Waals surface area contributed by atoms with Crippen LogP contribution in [0.2, 0.25) is 0 Å². The van der Waals surface area contributed by atoms with Crippen LogP contribution in [0.25, 0.3) is 0 Å². The molecule has 1 aliphatic rings. The Labute approximate surface area is 125 Å². The second kappa shape index (κ2) is 6.89. The Morgan fingerprint density at radius 2 is 2.19 bits per heavy atom. The summed E-state index contributed by atoms with van der Waals surface area (Å²) in [6, 6.07) is 4.23. The summed E-state index contributed by atoms with van der Waals surface area (Å²) in [5.41, 5.74) is 6.07. The molecule has 2 atom stereocenters. The zero-order chi connectivity index (χ0) is 15.4. The number of amides is 1. The number of anilines is 2. The van der Waals surface area contributed by atoms with E-state index in [2.05, 4.69) is 24.1 Å². The predicted molar refractivity (Wildman–Crippen MR) is 83.4 cm³/mol. The van der Waals surface area contributed by atoms with Gasteiger partial charge in [0.1, 0.15) is 5.82 Å². The lowest BCUT2D eigenvalue weighted by atomic mass is 9.89. The number of carbonyl (C=O) groups is 1. The van der Waals surface area contributed by atoms with Gasteiger partial charge in [-0.1, -0.05) is 13.8 Å². The van der Waals surface area contributed by atoms with E-state index in [1.807, 2.05) is 0 Å². The third-order valence-electron chi connectivity index (χ3n) is 4.35. The molecule has 2 unspecified atom stereocenters. The average molecular weight is 293 g/mol. The summed E-state index contributed by atoms with van der Waals surface area (Å²) < 4.78 is 13.1. The van der Waals surface area contributed by atoms with Gasteiger partial charge in [-0.25, -0.2) is 4.39 Å². The van der Waals surface area contributed by atoms with Crippen LogP contribution in [0.15, 0.2) is 18.2 Å². The molecule has 2 rings (SSSR count). The quantitative estimate of drug-likeness (QED) is 0.839. The van der Waals surface area contributed by atoms with Crippen molar-refractivity contribution >= 4 is 17.3 Å². The second-order valence-corrected chi connectivity index (χ2v) is 6.08. The minimum Gasteiger partial charge on any atom is -0.396 e. The minimum atomic E-state index is -0.468. The number of nitrogens with zero attached hydrogens (tertiary/aromatic N) is 1. The maximum absolute atomic E-state index is 13.1. The highest BCUT2D eigenvalue weighted by molar-refractivity contribution is 5.91. The van der Waals surface area contributed by atoms with Gasteiger partial charge >= 0.3 is 0 Å². The molecule has 1 heterocycles. The van der Waals surface area contributed by atoms with Gasteiger partial charge in [0, 0.05) is 25.2 Å². The van der Waals surface area contributed by atoms with Gasteiger partial charge in [-0.2, -0.15) is 0 Å². The molecule has 0 aromatic heterocycles. The number of nitrogens with one attached hydrogen (secondary N) is 1. The summed E-state index contributed by atoms with van der Waals surface area (Å²) in [7, 11) is 0. The monoisotopic (exact) mass is 293 g/mol. The van der Waals surface area contributed by atoms with Crippen LogP contribution in [-0.2, 0) is 4.79 Å². The molecule has 0 radical (unpaired) electrons. The van der Waals surface area contributed by atoms with Crippen LogP contribution in [0.1, 0.15) is 26.7 Å². The summed E-state index contributed by atoms with van der Waals surface area (Å²) in [5.74, 6) is 0.910. The maximum atomic E-state index is 13.1. The Hall–Kier alpha value is -1.62. The van der Waals surface area contributed by atoms with E-state index < -0.39 is 5.82 Å². The van der Waals surface area contributed by atoms with Crippen molar-refractivity contribution in [3.8, 4) is 0 Å². The van der Waals surface area contributed by atoms with Gasteiger partial charge in [-0.15, -0.1) is 0 Å². The Morgan fingerprint density at radius 1 is 1.43 bits per heavy atom. The van der Waals surface area contributed by atoms with E-state index in [1.165, 1.54) is 24.6 Å². The summed E-state index contributed by atoms with van der Waals surface area (Å²) in [6.45, 7) is 7.42. The SMILES string of the molecule is CC1CCN(CCC(=O)Nc2ccc(F)c(N)c2)CC1C. The van der Waals surface area contributed by atoms with E-state index in [4.69, 9.17) is 5.73 Å². The Kier molecular flexibility index (Phi) is 5.17. The fraction of sp³-hybridized carbons (Fsp3) is 0.562. The lowest BCUT2D eigenvalue weighted by Gasteiger charge is -2.35. The molecule has 1 amide bonds. The maximum Gasteiger partial charge on any atom is 0.225 e. The van der Waals surface area contributed by atoms with Crippen LogP contribution in [0, 0.1) is 17.7 Å². The first-order valence-corrected chi connectivity index (χ1v) is 7.53. The lowest BCUT2D eigenvalue weighted by molar-refractivity contribution is -0.116. The van der Waals surface area contributed by atoms with Crippen molar-refractivity contribution in [3.05, 3.63) is 24.0 Å². The van der Waals surface area contributed by atoms with Gasteiger partial charge in [-0.05, 0) is 43.0 Å². The van der Waals surface area contributed by atoms with E-state index >= 15 is 0 Å². The molecule has 1 aromatic carbocycles. The van der Waals surface area contributed by atoms with Gasteiger partial charge < -0.3 is 16.0 Å². The Balaban J connectivity index is 1.78. The predicted octanol–water partition coefficient (Wildman–Crippen LogP) is 2.71. The van der Waals surface area contributed by atoms with Crippen molar-refractivity contribution in [2.45, 2.75) is 26.7 Å². The highest BCUT2D eigenvalue weighted by atomic mass is 19.1. The van der Waals surface area contributed by atoms with Gasteiger partial charge in [0.25, 0.3) is 0 Å². The molecule has 21 heavy (non-hydrogen) atoms. The second-order valence-electron chi connectivity index (χ2n) is 6.08. The minimum absolute atomic E-state index is 0.0478. The van der Waals surface area contributed by atoms with E-state index in [0.717, 1.165) is 25.6 Å². The molecule has 3 N–H and O–H groups in total. The molecule has 1 aliphatic heterocycles. The van der Waals surface area contributed by atoms with Crippen LogP contribution in [-0.4, -0.2) is 30.4 Å². The third-order valence-corrected chi connectivity index (χ3v) is 4.35. The zero-order valence-corrected chi connectivity index (χ0v) is 12.7. The van der Waals surface area contributed by atoms with E-state index in [9.17, 15) is 9.18 Å². The average Bonchev–Trinajstić information content (AvgIpc) is 2.44. The molecule has 0 spiro atoms. The van der Waals surface area contributed by atoms with Crippen LogP contribution < -0.4 is 11.1 Å². The number of rotatable bonds is 4. The molecule has 116 valence electrons. The first-order chi connectivity index (χ1) is 9.95. The number of carbonyl (C=O) groups excluding carboxylic acids is 1. The highest BCUT2D eigenvalue weighted by Crippen LogP contribution is 2.22. The molecule has 1 saturated heterocycles. The molecule has 0 saturated carbocycles. The lowest BCUT2D eigenvalue weighted by Crippen LogP contribution is -2.39. The van der Waals surface area contributed by atoms with Crippen molar-refractivity contribution in [3.63, 3.8) is 0 Å². The normalized spacial score (nSPS) is 23.0. The van der Waals surface area contributed by atoms with Gasteiger partial charge in [0.2, 0.25) is 5.91 Å². The van der Waals surface area contributed by atoms with Crippen molar-refractivity contribution in [2.24, 2.45) is 11.8 Å². The smallest absolute Gasteiger partial charge is 0.225 e. The van der Waals surface area contributed by atoms with Crippen molar-refractivity contribution < 1.29 is 9.18 Å². The number of halogens is 1. The van der Waals surface area contributed by atoms with Crippen molar-refractivity contribution in [1.82, 2.24) is 4.90 Å². The molecule has 1 fully saturated rings. The standard InChI is InChI=1S/C16H24FN3O/c1-11-5-7-20(10-12(11)2)8-6-16(21)19-13-3-4-14(17)15(18)9-13/h3-4,9,11-12H,5-8,10,18H2,1-2H3,(H,19,21). The summed E-state index contributed by atoms with van der Waals surface area (Å²) in [6.07, 6.45) is 1.63. The van der Waals surface area contributed by atoms with Crippen LogP contribution in [0.5, 0.6) is 0 Å². The van der Waals surface area contributed by atoms with Crippen LogP contribution >= 0.6 is 0 Å². The van der Waals surface area contributed by atoms with E-state index in [1.54, 1.807) is 0 Å². The molecule has 5 heteroatoms. The molecular formula is C16H24FN3O. The molecule has 0 aliphatic carbocycles. The summed E-state index contributed by atoms with van der Waals surface area (Å²) in [4.78, 5) is 14.3. The molecule has 4 nitrogen and oxygen atoms in total. The highest BCUT2D eigenvalue weighted by Gasteiger charge is 2.22. The van der Waals surface area contributed by atoms with Gasteiger partial charge in [0.05, 0.1) is 5.69 Å². The first kappa shape index (κ1) is 15.8. The topological polar surface area (TPSA) is 58.4 Å². The molecule has 0 bridgehead atoms. The first-order valence-electron chi connectivity index (χ1n) is 7.53. The zero-order valence-electron chi connectivity index (χ0n) is 12.7. The van der Waals surface area contributed by atoms with Crippen molar-refractivity contribution in [1.29, 1.82) is 0 Å². The number of piperidine rings is 1. The number of likely N-dealkylation sites (tertiary alicyclic amines) is 1. The summed E-state index contributed by atoms with van der Waals surface area (Å²) >= 11 is 0. The fourth-order valence-corrected chi connectivity index (χ4v) is 2.66. The Morgan fingerprint density at radius 3 is 2.86 bits per heavy atom. The van der Waals surface area contributed by atoms with Crippen LogP contribution in [0.4, 0.5) is 15.8 Å². The molecule has 1 aromatic rings. The van der Waals surface area contributed by atoms with Crippen molar-refractivity contribution in [2.75, 3.05) is 30.7 Å². The third kappa shape index (κ3) is 4.43. The molecular weight excluding hydrogens is 269 g/mol. The van der Waals surface area contributed by atoms with E-state index in [-0.39, 0.29) is 11.6 Å². The number of nitrogens with two attached hydrogens (primary N) is 1. The van der Waals surface area contributed by atoms with Gasteiger partial charge in [-0.3, -0.25) is 4.79 Å². The van der Waals surface area contributed by atoms with Gasteiger partial charge in [0.15, 0.2) is 0 Å². The number of benzene rings is 1. The number of hydrogen-bond donors (Lipinski definition) is 2. The van der Waals surface area contributed by atoms with E-state index in [0.29, 0.717) is 18.0 Å². The Bertz CT molecular complexity index is 506. The largest absolute Gasteiger partial charge is 0.396 e. The fourth-order valence-electron chi connectivity index (χ4n) is 2.66. The van der Waals surface area contributed by atoms with Crippen LogP contribution in [0.3, 0.4) is 0 Å². The number of nitrogen functional groups attached to an aromatic ring is 1. The number of hydrogen-bond acceptors (Lipinski definition) is 3.